The molecule has 0 unspecified atom stereocenters. The molecular weight excluding hydrogens is 327 g/mol. The van der Waals surface area contributed by atoms with Gasteiger partial charge < -0.3 is 10.1 Å². The van der Waals surface area contributed by atoms with Crippen LogP contribution in [0.15, 0.2) is 46.5 Å². The Bertz CT molecular complexity index is 578. The lowest BCUT2D eigenvalue weighted by Gasteiger charge is -2.12. The first kappa shape index (κ1) is 16.6. The minimum Gasteiger partial charge on any atom is -0.383 e. The van der Waals surface area contributed by atoms with Crippen molar-refractivity contribution in [2.24, 2.45) is 0 Å². The van der Waals surface area contributed by atoms with Gasteiger partial charge in [0.1, 0.15) is 5.03 Å². The van der Waals surface area contributed by atoms with Crippen LogP contribution in [0.2, 0.25) is 10.0 Å². The molecular formula is C15H16Cl2N2OS. The van der Waals surface area contributed by atoms with Crippen LogP contribution < -0.4 is 5.32 Å². The van der Waals surface area contributed by atoms with Crippen molar-refractivity contribution in [3.63, 3.8) is 0 Å². The zero-order valence-electron chi connectivity index (χ0n) is 11.6. The van der Waals surface area contributed by atoms with Gasteiger partial charge in [-0.15, -0.1) is 0 Å². The van der Waals surface area contributed by atoms with E-state index in [-0.39, 0.29) is 0 Å². The van der Waals surface area contributed by atoms with Crippen molar-refractivity contribution in [1.29, 1.82) is 0 Å². The van der Waals surface area contributed by atoms with Crippen LogP contribution in [0.25, 0.3) is 0 Å². The van der Waals surface area contributed by atoms with E-state index < -0.39 is 0 Å². The number of benzene rings is 1. The van der Waals surface area contributed by atoms with E-state index in [1.807, 2.05) is 30.3 Å². The third-order valence-electron chi connectivity index (χ3n) is 2.78. The maximum Gasteiger partial charge on any atom is 0.101 e. The van der Waals surface area contributed by atoms with Gasteiger partial charge in [0.2, 0.25) is 0 Å². The average Bonchev–Trinajstić information content (AvgIpc) is 2.48. The predicted octanol–water partition coefficient (Wildman–Crippen LogP) is 4.28. The van der Waals surface area contributed by atoms with Crippen LogP contribution in [0.4, 0.5) is 0 Å². The molecule has 112 valence electrons. The van der Waals surface area contributed by atoms with Crippen molar-refractivity contribution in [3.05, 3.63) is 52.1 Å². The van der Waals surface area contributed by atoms with Crippen molar-refractivity contribution in [1.82, 2.24) is 10.3 Å². The standard InChI is InChI=1S/C15H16Cl2N2OS/c1-20-8-7-18-10-12-13(17)3-2-4-14(12)21-15-6-5-11(16)9-19-15/h2-6,9,18H,7-8,10H2,1H3. The summed E-state index contributed by atoms with van der Waals surface area (Å²) >= 11 is 13.7. The Morgan fingerprint density at radius 2 is 2.10 bits per heavy atom. The van der Waals surface area contributed by atoms with Crippen LogP contribution in [0.1, 0.15) is 5.56 Å². The zero-order valence-corrected chi connectivity index (χ0v) is 13.9. The smallest absolute Gasteiger partial charge is 0.101 e. The van der Waals surface area contributed by atoms with E-state index >= 15 is 0 Å². The molecule has 1 aromatic carbocycles. The summed E-state index contributed by atoms with van der Waals surface area (Å²) < 4.78 is 5.02. The quantitative estimate of drug-likeness (QED) is 0.761. The summed E-state index contributed by atoms with van der Waals surface area (Å²) in [6.07, 6.45) is 1.64. The monoisotopic (exact) mass is 342 g/mol. The fourth-order valence-corrected chi connectivity index (χ4v) is 3.06. The summed E-state index contributed by atoms with van der Waals surface area (Å²) in [4.78, 5) is 5.39. The van der Waals surface area contributed by atoms with Gasteiger partial charge in [-0.25, -0.2) is 4.98 Å². The van der Waals surface area contributed by atoms with Gasteiger partial charge in [0.25, 0.3) is 0 Å². The first-order chi connectivity index (χ1) is 10.2. The molecule has 0 spiro atoms. The molecule has 0 saturated heterocycles. The van der Waals surface area contributed by atoms with Gasteiger partial charge in [-0.1, -0.05) is 41.0 Å². The van der Waals surface area contributed by atoms with Crippen LogP contribution >= 0.6 is 35.0 Å². The second kappa shape index (κ2) is 8.61. The average molecular weight is 343 g/mol. The van der Waals surface area contributed by atoms with E-state index in [2.05, 4.69) is 10.3 Å². The number of aromatic nitrogens is 1. The van der Waals surface area contributed by atoms with E-state index in [1.54, 1.807) is 25.1 Å². The maximum atomic E-state index is 6.31. The van der Waals surface area contributed by atoms with Crippen molar-refractivity contribution in [2.45, 2.75) is 16.5 Å². The van der Waals surface area contributed by atoms with Crippen LogP contribution in [0, 0.1) is 0 Å². The molecule has 0 aliphatic heterocycles. The SMILES string of the molecule is COCCNCc1c(Cl)cccc1Sc1ccc(Cl)cn1. The number of rotatable bonds is 7. The number of nitrogens with one attached hydrogen (secondary N) is 1. The zero-order chi connectivity index (χ0) is 15.1. The molecule has 1 N–H and O–H groups in total. The Morgan fingerprint density at radius 1 is 1.24 bits per heavy atom. The minimum atomic E-state index is 0.631. The van der Waals surface area contributed by atoms with Gasteiger partial charge in [0.15, 0.2) is 0 Å². The van der Waals surface area contributed by atoms with Gasteiger partial charge in [0, 0.05) is 36.3 Å². The highest BCUT2D eigenvalue weighted by atomic mass is 35.5. The minimum absolute atomic E-state index is 0.631. The number of nitrogens with zero attached hydrogens (tertiary/aromatic N) is 1. The topological polar surface area (TPSA) is 34.1 Å². The Balaban J connectivity index is 2.11. The number of ether oxygens (including phenoxy) is 1. The second-order valence-electron chi connectivity index (χ2n) is 4.30. The molecule has 21 heavy (non-hydrogen) atoms. The van der Waals surface area contributed by atoms with Gasteiger partial charge >= 0.3 is 0 Å². The van der Waals surface area contributed by atoms with E-state index in [0.717, 1.165) is 27.1 Å². The summed E-state index contributed by atoms with van der Waals surface area (Å²) in [7, 11) is 1.69. The molecule has 0 aliphatic carbocycles. The number of hydrogen-bond acceptors (Lipinski definition) is 4. The fourth-order valence-electron chi connectivity index (χ4n) is 1.73. The Kier molecular flexibility index (Phi) is 6.80. The molecule has 2 aromatic rings. The molecule has 0 bridgehead atoms. The van der Waals surface area contributed by atoms with Crippen LogP contribution in [-0.2, 0) is 11.3 Å². The van der Waals surface area contributed by atoms with Crippen molar-refractivity contribution in [3.8, 4) is 0 Å². The first-order valence-electron chi connectivity index (χ1n) is 6.47. The number of hydrogen-bond donors (Lipinski definition) is 1. The molecule has 0 saturated carbocycles. The normalized spacial score (nSPS) is 10.8. The van der Waals surface area contributed by atoms with Crippen LogP contribution in [0.5, 0.6) is 0 Å². The Labute approximate surface area is 139 Å². The number of halogens is 2. The Hall–Kier alpha value is -0.780. The third kappa shape index (κ3) is 5.16. The summed E-state index contributed by atoms with van der Waals surface area (Å²) in [6.45, 7) is 2.15. The van der Waals surface area contributed by atoms with Crippen molar-refractivity contribution >= 4 is 35.0 Å². The summed E-state index contributed by atoms with van der Waals surface area (Å²) in [5, 5.41) is 5.58. The summed E-state index contributed by atoms with van der Waals surface area (Å²) in [5.74, 6) is 0. The molecule has 1 heterocycles. The molecule has 2 rings (SSSR count). The number of methoxy groups -OCH3 is 1. The fraction of sp³-hybridized carbons (Fsp3) is 0.267. The van der Waals surface area contributed by atoms with Crippen LogP contribution in [0.3, 0.4) is 0 Å². The lowest BCUT2D eigenvalue weighted by molar-refractivity contribution is 0.199. The van der Waals surface area contributed by atoms with E-state index in [9.17, 15) is 0 Å². The second-order valence-corrected chi connectivity index (χ2v) is 6.21. The number of pyridine rings is 1. The largest absolute Gasteiger partial charge is 0.383 e. The highest BCUT2D eigenvalue weighted by molar-refractivity contribution is 7.99. The first-order valence-corrected chi connectivity index (χ1v) is 8.04. The molecule has 0 amide bonds. The summed E-state index contributed by atoms with van der Waals surface area (Å²) in [6, 6.07) is 9.61. The van der Waals surface area contributed by atoms with Gasteiger partial charge in [-0.05, 0) is 29.8 Å². The van der Waals surface area contributed by atoms with Crippen molar-refractivity contribution in [2.75, 3.05) is 20.3 Å². The van der Waals surface area contributed by atoms with Gasteiger partial charge in [-0.2, -0.15) is 0 Å². The third-order valence-corrected chi connectivity index (χ3v) is 4.41. The van der Waals surface area contributed by atoms with E-state index in [0.29, 0.717) is 18.2 Å². The highest BCUT2D eigenvalue weighted by Gasteiger charge is 2.09. The van der Waals surface area contributed by atoms with E-state index in [4.69, 9.17) is 27.9 Å². The molecule has 0 radical (unpaired) electrons. The molecule has 0 aliphatic rings. The van der Waals surface area contributed by atoms with Gasteiger partial charge in [-0.3, -0.25) is 0 Å². The molecule has 1 aromatic heterocycles. The maximum absolute atomic E-state index is 6.31. The van der Waals surface area contributed by atoms with Crippen LogP contribution in [-0.4, -0.2) is 25.2 Å². The predicted molar refractivity (Wildman–Crippen MR) is 88.4 cm³/mol. The summed E-state index contributed by atoms with van der Waals surface area (Å²) in [5.41, 5.74) is 1.07. The molecule has 0 atom stereocenters. The lowest BCUT2D eigenvalue weighted by Crippen LogP contribution is -2.19. The molecule has 3 nitrogen and oxygen atoms in total. The van der Waals surface area contributed by atoms with E-state index in [1.165, 1.54) is 0 Å². The highest BCUT2D eigenvalue weighted by Crippen LogP contribution is 2.33. The Morgan fingerprint density at radius 3 is 2.81 bits per heavy atom. The molecule has 0 fully saturated rings. The van der Waals surface area contributed by atoms with Gasteiger partial charge in [0.05, 0.1) is 11.6 Å². The molecule has 6 heteroatoms. The lowest BCUT2D eigenvalue weighted by atomic mass is 10.2. The van der Waals surface area contributed by atoms with Crippen molar-refractivity contribution < 1.29 is 4.74 Å².